The Morgan fingerprint density at radius 2 is 1.06 bits per heavy atom. The summed E-state index contributed by atoms with van der Waals surface area (Å²) in [4.78, 5) is 34.8. The number of ketones is 1. The second-order valence-electron chi connectivity index (χ2n) is 6.63. The van der Waals surface area contributed by atoms with Crippen LogP contribution in [0.15, 0.2) is 0 Å². The Kier molecular flexibility index (Phi) is 19.2. The number of carbonyl (C=O) groups is 3. The average molecular weight is 451 g/mol. The highest BCUT2D eigenvalue weighted by Gasteiger charge is 2.18. The van der Waals surface area contributed by atoms with Crippen LogP contribution in [0.5, 0.6) is 0 Å². The summed E-state index contributed by atoms with van der Waals surface area (Å²) in [6.07, 6.45) is 0. The predicted octanol–water partition coefficient (Wildman–Crippen LogP) is -0.686. The number of hydrogen-bond acceptors (Lipinski definition) is 9. The maximum atomic E-state index is 11.8. The zero-order chi connectivity index (χ0) is 23.3. The van der Waals surface area contributed by atoms with E-state index in [0.29, 0.717) is 59.5 Å². The minimum Gasteiger partial charge on any atom is -0.382 e. The van der Waals surface area contributed by atoms with Crippen molar-refractivity contribution in [3.8, 4) is 0 Å². The Hall–Kier alpha value is -1.63. The highest BCUT2D eigenvalue weighted by atomic mass is 16.6. The van der Waals surface area contributed by atoms with Gasteiger partial charge in [-0.25, -0.2) is 0 Å². The summed E-state index contributed by atoms with van der Waals surface area (Å²) in [7, 11) is 1.62. The largest absolute Gasteiger partial charge is 0.382 e. The lowest BCUT2D eigenvalue weighted by molar-refractivity contribution is -0.132. The summed E-state index contributed by atoms with van der Waals surface area (Å²) in [5, 5.41) is 5.02. The SMILES string of the molecule is COCCOCCOCCOCCOCCOCC(=O)N[C@H](C)C(=O)N[C@H](C)C(C)=O. The van der Waals surface area contributed by atoms with Gasteiger partial charge in [-0.05, 0) is 20.8 Å². The molecule has 11 heteroatoms. The summed E-state index contributed by atoms with van der Waals surface area (Å²) in [5.41, 5.74) is 0. The van der Waals surface area contributed by atoms with Gasteiger partial charge in [0.15, 0.2) is 5.78 Å². The zero-order valence-corrected chi connectivity index (χ0v) is 19.1. The molecule has 0 aromatic rings. The van der Waals surface area contributed by atoms with Crippen molar-refractivity contribution < 1.29 is 42.8 Å². The van der Waals surface area contributed by atoms with E-state index in [1.807, 2.05) is 0 Å². The van der Waals surface area contributed by atoms with Crippen LogP contribution < -0.4 is 10.6 Å². The Morgan fingerprint density at radius 1 is 0.645 bits per heavy atom. The first-order chi connectivity index (χ1) is 14.9. The van der Waals surface area contributed by atoms with Crippen molar-refractivity contribution in [2.75, 3.05) is 79.8 Å². The standard InChI is InChI=1S/C20H38N2O9/c1-16(18(3)23)22-20(25)17(2)21-19(24)15-31-14-13-30-12-11-29-10-9-28-8-7-27-6-5-26-4/h16-17H,5-15H2,1-4H3,(H,21,24)(H,22,25)/t16-,17-/m1/s1. The fourth-order valence-electron chi connectivity index (χ4n) is 1.98. The molecule has 0 unspecified atom stereocenters. The second-order valence-corrected chi connectivity index (χ2v) is 6.63. The van der Waals surface area contributed by atoms with E-state index in [-0.39, 0.29) is 19.0 Å². The maximum absolute atomic E-state index is 11.8. The molecule has 0 aliphatic carbocycles. The monoisotopic (exact) mass is 450 g/mol. The third-order valence-electron chi connectivity index (χ3n) is 3.89. The van der Waals surface area contributed by atoms with Crippen LogP contribution in [0, 0.1) is 0 Å². The van der Waals surface area contributed by atoms with Gasteiger partial charge in [0, 0.05) is 7.11 Å². The molecule has 2 N–H and O–H groups in total. The van der Waals surface area contributed by atoms with Crippen LogP contribution in [0.4, 0.5) is 0 Å². The van der Waals surface area contributed by atoms with E-state index >= 15 is 0 Å². The normalized spacial score (nSPS) is 12.9. The minimum absolute atomic E-state index is 0.159. The lowest BCUT2D eigenvalue weighted by Gasteiger charge is -2.16. The molecule has 0 aliphatic rings. The number of rotatable bonds is 21. The summed E-state index contributed by atoms with van der Waals surface area (Å²) < 4.78 is 31.3. The third-order valence-corrected chi connectivity index (χ3v) is 3.89. The fourth-order valence-corrected chi connectivity index (χ4v) is 1.98. The van der Waals surface area contributed by atoms with Gasteiger partial charge in [-0.15, -0.1) is 0 Å². The zero-order valence-electron chi connectivity index (χ0n) is 19.1. The van der Waals surface area contributed by atoms with Gasteiger partial charge in [-0.3, -0.25) is 14.4 Å². The number of amides is 2. The molecular weight excluding hydrogens is 412 g/mol. The summed E-state index contributed by atoms with van der Waals surface area (Å²) in [6, 6.07) is -1.36. The van der Waals surface area contributed by atoms with Crippen LogP contribution in [-0.4, -0.2) is 109 Å². The molecule has 0 aliphatic heterocycles. The third kappa shape index (κ3) is 18.8. The van der Waals surface area contributed by atoms with E-state index in [0.717, 1.165) is 0 Å². The Morgan fingerprint density at radius 3 is 1.48 bits per heavy atom. The number of carbonyl (C=O) groups excluding carboxylic acids is 3. The minimum atomic E-state index is -0.765. The summed E-state index contributed by atoms with van der Waals surface area (Å²) in [6.45, 7) is 8.81. The molecule has 0 spiro atoms. The number of Topliss-reactive ketones (excluding diaryl/α,β-unsaturated/α-hetero) is 1. The molecule has 0 heterocycles. The number of nitrogens with one attached hydrogen (secondary N) is 2. The van der Waals surface area contributed by atoms with Crippen molar-refractivity contribution in [1.82, 2.24) is 10.6 Å². The first-order valence-corrected chi connectivity index (χ1v) is 10.4. The van der Waals surface area contributed by atoms with E-state index in [9.17, 15) is 14.4 Å². The van der Waals surface area contributed by atoms with Crippen LogP contribution >= 0.6 is 0 Å². The van der Waals surface area contributed by atoms with Gasteiger partial charge in [-0.2, -0.15) is 0 Å². The molecular formula is C20H38N2O9. The lowest BCUT2D eigenvalue weighted by Crippen LogP contribution is -2.49. The fraction of sp³-hybridized carbons (Fsp3) is 0.850. The van der Waals surface area contributed by atoms with Crippen LogP contribution in [0.1, 0.15) is 20.8 Å². The van der Waals surface area contributed by atoms with Crippen molar-refractivity contribution in [3.63, 3.8) is 0 Å². The number of ether oxygens (including phenoxy) is 6. The number of methoxy groups -OCH3 is 1. The maximum Gasteiger partial charge on any atom is 0.246 e. The molecule has 2 amide bonds. The van der Waals surface area contributed by atoms with Crippen LogP contribution in [0.3, 0.4) is 0 Å². The molecule has 31 heavy (non-hydrogen) atoms. The Balaban J connectivity index is 3.44. The van der Waals surface area contributed by atoms with E-state index in [1.165, 1.54) is 13.8 Å². The van der Waals surface area contributed by atoms with E-state index < -0.39 is 23.9 Å². The van der Waals surface area contributed by atoms with Crippen molar-refractivity contribution >= 4 is 17.6 Å². The summed E-state index contributed by atoms with van der Waals surface area (Å²) in [5.74, 6) is -1.01. The highest BCUT2D eigenvalue weighted by molar-refractivity contribution is 5.91. The second kappa shape index (κ2) is 20.3. The van der Waals surface area contributed by atoms with Crippen LogP contribution in [0.25, 0.3) is 0 Å². The molecule has 11 nitrogen and oxygen atoms in total. The van der Waals surface area contributed by atoms with Gasteiger partial charge >= 0.3 is 0 Å². The van der Waals surface area contributed by atoms with E-state index in [4.69, 9.17) is 28.4 Å². The van der Waals surface area contributed by atoms with Gasteiger partial charge in [0.25, 0.3) is 0 Å². The topological polar surface area (TPSA) is 131 Å². The molecule has 0 bridgehead atoms. The average Bonchev–Trinajstić information content (AvgIpc) is 2.73. The van der Waals surface area contributed by atoms with Gasteiger partial charge in [0.1, 0.15) is 12.6 Å². The quantitative estimate of drug-likeness (QED) is 0.218. The van der Waals surface area contributed by atoms with Gasteiger partial charge in [0.2, 0.25) is 11.8 Å². The lowest BCUT2D eigenvalue weighted by atomic mass is 10.2. The first kappa shape index (κ1) is 29.4. The molecule has 0 fully saturated rings. The van der Waals surface area contributed by atoms with Crippen molar-refractivity contribution in [2.24, 2.45) is 0 Å². The molecule has 0 aromatic heterocycles. The molecule has 0 saturated heterocycles. The van der Waals surface area contributed by atoms with Crippen LogP contribution in [-0.2, 0) is 42.8 Å². The molecule has 0 saturated carbocycles. The highest BCUT2D eigenvalue weighted by Crippen LogP contribution is 1.89. The summed E-state index contributed by atoms with van der Waals surface area (Å²) >= 11 is 0. The van der Waals surface area contributed by atoms with Crippen molar-refractivity contribution in [3.05, 3.63) is 0 Å². The van der Waals surface area contributed by atoms with Crippen molar-refractivity contribution in [1.29, 1.82) is 0 Å². The molecule has 0 rings (SSSR count). The van der Waals surface area contributed by atoms with Crippen molar-refractivity contribution in [2.45, 2.75) is 32.9 Å². The molecule has 0 aromatic carbocycles. The molecule has 182 valence electrons. The predicted molar refractivity (Wildman–Crippen MR) is 112 cm³/mol. The molecule has 2 atom stereocenters. The van der Waals surface area contributed by atoms with Crippen LogP contribution in [0.2, 0.25) is 0 Å². The first-order valence-electron chi connectivity index (χ1n) is 10.4. The van der Waals surface area contributed by atoms with Gasteiger partial charge in [-0.1, -0.05) is 0 Å². The Labute approximate surface area is 184 Å². The van der Waals surface area contributed by atoms with E-state index in [2.05, 4.69) is 10.6 Å². The Bertz CT molecular complexity index is 491. The van der Waals surface area contributed by atoms with E-state index in [1.54, 1.807) is 14.0 Å². The van der Waals surface area contributed by atoms with Gasteiger partial charge in [0.05, 0.1) is 72.1 Å². The smallest absolute Gasteiger partial charge is 0.246 e. The number of hydrogen-bond donors (Lipinski definition) is 2. The van der Waals surface area contributed by atoms with Gasteiger partial charge < -0.3 is 39.1 Å². The molecule has 0 radical (unpaired) electrons.